The number of benzene rings is 1. The second-order valence-corrected chi connectivity index (χ2v) is 5.61. The predicted octanol–water partition coefficient (Wildman–Crippen LogP) is 3.32. The van der Waals surface area contributed by atoms with E-state index in [1.165, 1.54) is 4.52 Å². The lowest BCUT2D eigenvalue weighted by molar-refractivity contribution is 0.853. The van der Waals surface area contributed by atoms with E-state index in [0.29, 0.717) is 12.1 Å². The molecule has 5 heteroatoms. The molecule has 0 atom stereocenters. The predicted molar refractivity (Wildman–Crippen MR) is 83.1 cm³/mol. The molecule has 0 amide bonds. The molecule has 2 heterocycles. The van der Waals surface area contributed by atoms with Crippen LogP contribution in [0.5, 0.6) is 0 Å². The fraction of sp³-hybridized carbons (Fsp3) is 0.200. The van der Waals surface area contributed by atoms with E-state index in [2.05, 4.69) is 26.0 Å². The van der Waals surface area contributed by atoms with Gasteiger partial charge < -0.3 is 0 Å². The largest absolute Gasteiger partial charge is 0.296 e. The number of rotatable bonds is 2. The Hall–Kier alpha value is -1.88. The molecule has 1 aromatic carbocycles. The van der Waals surface area contributed by atoms with Crippen molar-refractivity contribution in [3.8, 4) is 11.1 Å². The summed E-state index contributed by atoms with van der Waals surface area (Å²) < 4.78 is 2.51. The van der Waals surface area contributed by atoms with Crippen molar-refractivity contribution in [3.63, 3.8) is 0 Å². The summed E-state index contributed by atoms with van der Waals surface area (Å²) in [7, 11) is 0. The smallest absolute Gasteiger partial charge is 0.276 e. The Morgan fingerprint density at radius 3 is 2.90 bits per heavy atom. The van der Waals surface area contributed by atoms with Gasteiger partial charge in [0.2, 0.25) is 0 Å². The van der Waals surface area contributed by atoms with E-state index < -0.39 is 0 Å². The molecule has 20 heavy (non-hydrogen) atoms. The van der Waals surface area contributed by atoms with E-state index in [9.17, 15) is 4.79 Å². The van der Waals surface area contributed by atoms with Crippen molar-refractivity contribution in [2.45, 2.75) is 20.3 Å². The molecule has 0 fully saturated rings. The zero-order chi connectivity index (χ0) is 14.3. The molecule has 0 spiro atoms. The highest BCUT2D eigenvalue weighted by Gasteiger charge is 2.13. The van der Waals surface area contributed by atoms with Crippen LogP contribution in [0.25, 0.3) is 16.8 Å². The number of nitrogens with zero attached hydrogens (tertiary/aromatic N) is 2. The van der Waals surface area contributed by atoms with Crippen LogP contribution in [0.2, 0.25) is 0 Å². The average molecular weight is 332 g/mol. The van der Waals surface area contributed by atoms with Gasteiger partial charge in [-0.15, -0.1) is 0 Å². The lowest BCUT2D eigenvalue weighted by Gasteiger charge is -2.04. The fourth-order valence-electron chi connectivity index (χ4n) is 2.43. The summed E-state index contributed by atoms with van der Waals surface area (Å²) in [5, 5.41) is 3.00. The third-order valence-electron chi connectivity index (χ3n) is 3.45. The summed E-state index contributed by atoms with van der Waals surface area (Å²) in [5.41, 5.74) is 4.15. The Morgan fingerprint density at radius 1 is 1.40 bits per heavy atom. The van der Waals surface area contributed by atoms with Crippen molar-refractivity contribution in [3.05, 3.63) is 56.5 Å². The molecule has 3 rings (SSSR count). The van der Waals surface area contributed by atoms with Gasteiger partial charge in [-0.2, -0.15) is 0 Å². The Morgan fingerprint density at radius 2 is 2.20 bits per heavy atom. The van der Waals surface area contributed by atoms with Gasteiger partial charge in [0.1, 0.15) is 0 Å². The van der Waals surface area contributed by atoms with Crippen LogP contribution in [0.4, 0.5) is 0 Å². The van der Waals surface area contributed by atoms with Gasteiger partial charge in [-0.3, -0.25) is 9.89 Å². The number of fused-ring (bicyclic) bond motifs is 1. The van der Waals surface area contributed by atoms with Crippen LogP contribution < -0.4 is 5.56 Å². The zero-order valence-electron chi connectivity index (χ0n) is 11.3. The molecule has 4 nitrogen and oxygen atoms in total. The molecule has 0 saturated heterocycles. The molecule has 1 N–H and O–H groups in total. The molecular formula is C15H14BrN3O. The van der Waals surface area contributed by atoms with Gasteiger partial charge in [-0.1, -0.05) is 35.0 Å². The maximum atomic E-state index is 12.4. The number of aryl methyl sites for hydroxylation is 1. The Labute approximate surface area is 124 Å². The molecule has 0 unspecified atom stereocenters. The minimum atomic E-state index is -0.0174. The van der Waals surface area contributed by atoms with Crippen LogP contribution in [0.15, 0.2) is 39.7 Å². The van der Waals surface area contributed by atoms with E-state index in [0.717, 1.165) is 26.9 Å². The Bertz CT molecular complexity index is 848. The molecule has 0 aliphatic heterocycles. The van der Waals surface area contributed by atoms with E-state index in [4.69, 9.17) is 0 Å². The summed E-state index contributed by atoms with van der Waals surface area (Å²) in [6.07, 6.45) is 2.51. The van der Waals surface area contributed by atoms with Crippen molar-refractivity contribution in [2.75, 3.05) is 0 Å². The molecule has 0 bridgehead atoms. The molecule has 3 aromatic rings. The minimum Gasteiger partial charge on any atom is -0.296 e. The van der Waals surface area contributed by atoms with Gasteiger partial charge in [0.15, 0.2) is 5.65 Å². The lowest BCUT2D eigenvalue weighted by atomic mass is 10.1. The van der Waals surface area contributed by atoms with Gasteiger partial charge >= 0.3 is 0 Å². The first-order valence-corrected chi connectivity index (χ1v) is 7.26. The van der Waals surface area contributed by atoms with Gasteiger partial charge in [-0.25, -0.2) is 9.50 Å². The van der Waals surface area contributed by atoms with Crippen LogP contribution in [0.1, 0.15) is 18.2 Å². The number of nitrogens with one attached hydrogen (secondary N) is 1. The summed E-state index contributed by atoms with van der Waals surface area (Å²) in [6.45, 7) is 3.86. The summed E-state index contributed by atoms with van der Waals surface area (Å²) in [5.74, 6) is 0. The standard InChI is InChI=1S/C15H14BrN3O/c1-3-12-9(2)18-14-13(8-17-19(14)15(12)20)10-5-4-6-11(16)7-10/h4-8,17H,3H2,1-2H3. The van der Waals surface area contributed by atoms with E-state index in [1.54, 1.807) is 0 Å². The van der Waals surface area contributed by atoms with E-state index >= 15 is 0 Å². The van der Waals surface area contributed by atoms with Crippen LogP contribution in [-0.2, 0) is 6.42 Å². The third-order valence-corrected chi connectivity index (χ3v) is 3.94. The lowest BCUT2D eigenvalue weighted by Crippen LogP contribution is -2.21. The second kappa shape index (κ2) is 4.90. The molecular weight excluding hydrogens is 318 g/mol. The molecule has 102 valence electrons. The van der Waals surface area contributed by atoms with Gasteiger partial charge in [-0.05, 0) is 31.0 Å². The van der Waals surface area contributed by atoms with Crippen LogP contribution in [0.3, 0.4) is 0 Å². The normalized spacial score (nSPS) is 11.2. The van der Waals surface area contributed by atoms with Crippen LogP contribution in [-0.4, -0.2) is 14.6 Å². The topological polar surface area (TPSA) is 50.2 Å². The van der Waals surface area contributed by atoms with E-state index in [1.807, 2.05) is 44.3 Å². The molecule has 0 radical (unpaired) electrons. The number of aromatic nitrogens is 3. The molecule has 2 aromatic heterocycles. The second-order valence-electron chi connectivity index (χ2n) is 4.69. The quantitative estimate of drug-likeness (QED) is 0.783. The summed E-state index contributed by atoms with van der Waals surface area (Å²) >= 11 is 3.46. The first-order valence-electron chi connectivity index (χ1n) is 6.47. The first kappa shape index (κ1) is 13.1. The van der Waals surface area contributed by atoms with Crippen molar-refractivity contribution in [1.29, 1.82) is 0 Å². The maximum absolute atomic E-state index is 12.4. The van der Waals surface area contributed by atoms with Crippen LogP contribution >= 0.6 is 15.9 Å². The molecule has 0 saturated carbocycles. The Balaban J connectivity index is 2.32. The number of aromatic amines is 1. The van der Waals surface area contributed by atoms with Crippen molar-refractivity contribution in [1.82, 2.24) is 14.6 Å². The van der Waals surface area contributed by atoms with Gasteiger partial charge in [0, 0.05) is 27.5 Å². The maximum Gasteiger partial charge on any atom is 0.276 e. The first-order chi connectivity index (χ1) is 9.61. The van der Waals surface area contributed by atoms with Crippen molar-refractivity contribution >= 4 is 21.6 Å². The van der Waals surface area contributed by atoms with Gasteiger partial charge in [0.05, 0.1) is 0 Å². The Kier molecular flexibility index (Phi) is 3.22. The van der Waals surface area contributed by atoms with Gasteiger partial charge in [0.25, 0.3) is 5.56 Å². The zero-order valence-corrected chi connectivity index (χ0v) is 12.9. The number of hydrogen-bond acceptors (Lipinski definition) is 2. The average Bonchev–Trinajstić information content (AvgIpc) is 2.83. The monoisotopic (exact) mass is 331 g/mol. The van der Waals surface area contributed by atoms with E-state index in [-0.39, 0.29) is 5.56 Å². The van der Waals surface area contributed by atoms with Crippen molar-refractivity contribution in [2.24, 2.45) is 0 Å². The number of H-pyrrole nitrogens is 1. The third kappa shape index (κ3) is 1.98. The number of halogens is 1. The molecule has 0 aliphatic rings. The number of hydrogen-bond donors (Lipinski definition) is 1. The molecule has 0 aliphatic carbocycles. The summed E-state index contributed by atoms with van der Waals surface area (Å²) in [4.78, 5) is 17.0. The SMILES string of the molecule is CCc1c(C)nc2c(-c3cccc(Br)c3)c[nH]n2c1=O. The fourth-order valence-corrected chi connectivity index (χ4v) is 2.83. The highest BCUT2D eigenvalue weighted by molar-refractivity contribution is 9.10. The highest BCUT2D eigenvalue weighted by atomic mass is 79.9. The van der Waals surface area contributed by atoms with Crippen LogP contribution in [0, 0.1) is 6.92 Å². The summed E-state index contributed by atoms with van der Waals surface area (Å²) in [6, 6.07) is 7.95. The minimum absolute atomic E-state index is 0.0174. The van der Waals surface area contributed by atoms with Crippen molar-refractivity contribution < 1.29 is 0 Å². The highest BCUT2D eigenvalue weighted by Crippen LogP contribution is 2.25.